The van der Waals surface area contributed by atoms with Crippen molar-refractivity contribution in [3.05, 3.63) is 77.4 Å². The molecule has 5 saturated carbocycles. The Morgan fingerprint density at radius 3 is 2.33 bits per heavy atom. The van der Waals surface area contributed by atoms with Gasteiger partial charge in [0.05, 0.1) is 12.1 Å². The van der Waals surface area contributed by atoms with Crippen molar-refractivity contribution in [2.45, 2.75) is 131 Å². The van der Waals surface area contributed by atoms with Gasteiger partial charge in [-0.15, -0.1) is 0 Å². The van der Waals surface area contributed by atoms with Crippen LogP contribution in [0.2, 0.25) is 0 Å². The Balaban J connectivity index is 0.915. The van der Waals surface area contributed by atoms with E-state index in [1.54, 1.807) is 12.1 Å². The van der Waals surface area contributed by atoms with Crippen molar-refractivity contribution in [1.82, 2.24) is 15.5 Å². The molecule has 3 N–H and O–H groups in total. The van der Waals surface area contributed by atoms with E-state index in [1.165, 1.54) is 68.2 Å². The summed E-state index contributed by atoms with van der Waals surface area (Å²) in [4.78, 5) is 28.4. The maximum atomic E-state index is 14.1. The lowest BCUT2D eigenvalue weighted by Gasteiger charge is -2.72. The number of rotatable bonds is 10. The van der Waals surface area contributed by atoms with Gasteiger partial charge < -0.3 is 15.7 Å². The molecule has 0 aromatic heterocycles. The van der Waals surface area contributed by atoms with Crippen LogP contribution in [-0.4, -0.2) is 53.1 Å². The van der Waals surface area contributed by atoms with Crippen molar-refractivity contribution in [3.8, 4) is 0 Å². The summed E-state index contributed by atoms with van der Waals surface area (Å²) < 4.78 is 0. The maximum Gasteiger partial charge on any atom is 0.335 e. The third kappa shape index (κ3) is 6.22. The van der Waals surface area contributed by atoms with E-state index < -0.39 is 5.97 Å². The van der Waals surface area contributed by atoms with Gasteiger partial charge in [0, 0.05) is 31.2 Å². The molecule has 2 aromatic carbocycles. The van der Waals surface area contributed by atoms with E-state index in [4.69, 9.17) is 0 Å². The number of carbonyl (C=O) groups is 2. The van der Waals surface area contributed by atoms with Crippen LogP contribution >= 0.6 is 0 Å². The van der Waals surface area contributed by atoms with Gasteiger partial charge in [-0.2, -0.15) is 0 Å². The molecule has 308 valence electrons. The first-order chi connectivity index (χ1) is 27.1. The quantitative estimate of drug-likeness (QED) is 0.224. The number of likely N-dealkylation sites (tertiary alicyclic amines) is 1. The minimum atomic E-state index is -0.865. The van der Waals surface area contributed by atoms with Gasteiger partial charge in [0.2, 0.25) is 5.91 Å². The number of carboxylic acid groups (broad SMARTS) is 1. The second kappa shape index (κ2) is 14.1. The number of carboxylic acids is 1. The van der Waals surface area contributed by atoms with Crippen LogP contribution in [0.1, 0.15) is 134 Å². The van der Waals surface area contributed by atoms with Crippen molar-refractivity contribution in [3.63, 3.8) is 0 Å². The monoisotopic (exact) mass is 774 g/mol. The number of nitrogens with one attached hydrogen (secondary N) is 2. The Hall–Kier alpha value is -2.96. The second-order valence-electron chi connectivity index (χ2n) is 22.0. The average Bonchev–Trinajstić information content (AvgIpc) is 3.70. The molecule has 2 unspecified atom stereocenters. The summed E-state index contributed by atoms with van der Waals surface area (Å²) in [6.07, 6.45) is 14.7. The molecule has 9 rings (SSSR count). The van der Waals surface area contributed by atoms with Crippen molar-refractivity contribution in [2.24, 2.45) is 69.0 Å². The molecule has 6 fully saturated rings. The first kappa shape index (κ1) is 39.5. The minimum Gasteiger partial charge on any atom is -0.478 e. The Kier molecular flexibility index (Phi) is 9.75. The van der Waals surface area contributed by atoms with Gasteiger partial charge in [0.15, 0.2) is 0 Å². The highest BCUT2D eigenvalue weighted by molar-refractivity contribution is 5.88. The molecule has 7 aliphatic rings. The number of nitrogens with zero attached hydrogens (tertiary/aromatic N) is 1. The van der Waals surface area contributed by atoms with Crippen LogP contribution in [0.25, 0.3) is 5.57 Å². The van der Waals surface area contributed by atoms with E-state index in [2.05, 4.69) is 100 Å². The second-order valence-corrected chi connectivity index (χ2v) is 22.0. The van der Waals surface area contributed by atoms with Crippen LogP contribution in [0.3, 0.4) is 0 Å². The third-order valence-electron chi connectivity index (χ3n) is 19.0. The van der Waals surface area contributed by atoms with Crippen LogP contribution in [0.15, 0.2) is 60.7 Å². The predicted molar refractivity (Wildman–Crippen MR) is 229 cm³/mol. The highest BCUT2D eigenvalue weighted by atomic mass is 16.4. The van der Waals surface area contributed by atoms with Crippen molar-refractivity contribution in [2.75, 3.05) is 19.6 Å². The summed E-state index contributed by atoms with van der Waals surface area (Å²) >= 11 is 0. The van der Waals surface area contributed by atoms with Crippen LogP contribution in [-0.2, 0) is 11.3 Å². The lowest BCUT2D eigenvalue weighted by molar-refractivity contribution is -0.221. The highest BCUT2D eigenvalue weighted by Crippen LogP contribution is 2.76. The largest absolute Gasteiger partial charge is 0.478 e. The number of allylic oxidation sites excluding steroid dienone is 2. The fourth-order valence-electron chi connectivity index (χ4n) is 16.1. The summed E-state index contributed by atoms with van der Waals surface area (Å²) in [5.41, 5.74) is 4.94. The number of piperidine rings is 1. The first-order valence-electron chi connectivity index (χ1n) is 23.0. The topological polar surface area (TPSA) is 81.7 Å². The van der Waals surface area contributed by atoms with E-state index in [0.717, 1.165) is 44.2 Å². The number of amides is 1. The molecule has 6 heteroatoms. The Morgan fingerprint density at radius 2 is 1.61 bits per heavy atom. The van der Waals surface area contributed by atoms with Gasteiger partial charge in [0.25, 0.3) is 0 Å². The zero-order valence-electron chi connectivity index (χ0n) is 36.1. The van der Waals surface area contributed by atoms with Gasteiger partial charge in [-0.25, -0.2) is 4.79 Å². The summed E-state index contributed by atoms with van der Waals surface area (Å²) in [6.45, 7) is 21.4. The molecule has 1 saturated heterocycles. The maximum absolute atomic E-state index is 14.1. The van der Waals surface area contributed by atoms with Crippen LogP contribution in [0, 0.1) is 69.0 Å². The summed E-state index contributed by atoms with van der Waals surface area (Å²) in [5, 5.41) is 17.1. The van der Waals surface area contributed by atoms with Gasteiger partial charge in [-0.3, -0.25) is 9.69 Å². The molecule has 1 aliphatic heterocycles. The fourth-order valence-corrected chi connectivity index (χ4v) is 16.1. The van der Waals surface area contributed by atoms with Crippen LogP contribution in [0.5, 0.6) is 0 Å². The molecule has 57 heavy (non-hydrogen) atoms. The highest BCUT2D eigenvalue weighted by Gasteiger charge is 2.70. The van der Waals surface area contributed by atoms with Crippen molar-refractivity contribution < 1.29 is 14.7 Å². The lowest BCUT2D eigenvalue weighted by atomic mass is 9.33. The molecule has 12 atom stereocenters. The standard InChI is InChI=1S/C51H71N3O3/c1-32(2)37-19-24-51(53-44(55)29-52-28-41-38-27-36(38)31-54(41)30-33-11-9-8-10-12-33)26-25-49(6)40(45(37)51)17-18-43-48(5)22-20-39(34-13-15-35(16-14-34)46(56)57)47(3,4)42(48)21-23-50(43,49)7/h8-16,20,32,36-38,40-43,45,52H,17-19,21-31H2,1-7H3,(H,53,55)(H,56,57)/t36?,37-,38?,40+,41+,42-,43+,45+,48-,49+,50+,51-/m0/s1. The van der Waals surface area contributed by atoms with Gasteiger partial charge in [-0.05, 0) is 162 Å². The molecular formula is C51H71N3O3. The Labute approximate surface area is 343 Å². The Bertz CT molecular complexity index is 1890. The number of fused-ring (bicyclic) bond motifs is 8. The third-order valence-corrected chi connectivity index (χ3v) is 19.0. The lowest BCUT2D eigenvalue weighted by Crippen LogP contribution is -2.68. The van der Waals surface area contributed by atoms with Crippen LogP contribution in [0.4, 0.5) is 0 Å². The molecule has 2 aromatic rings. The van der Waals surface area contributed by atoms with E-state index in [9.17, 15) is 14.7 Å². The van der Waals surface area contributed by atoms with Crippen molar-refractivity contribution in [1.29, 1.82) is 0 Å². The smallest absolute Gasteiger partial charge is 0.335 e. The first-order valence-corrected chi connectivity index (χ1v) is 23.0. The fraction of sp³-hybridized carbons (Fsp3) is 0.686. The summed E-state index contributed by atoms with van der Waals surface area (Å²) in [5.74, 6) is 4.64. The van der Waals surface area contributed by atoms with Gasteiger partial charge in [-0.1, -0.05) is 97.0 Å². The zero-order chi connectivity index (χ0) is 40.1. The predicted octanol–water partition coefficient (Wildman–Crippen LogP) is 10.1. The number of hydrogen-bond acceptors (Lipinski definition) is 4. The molecular weight excluding hydrogens is 703 g/mol. The number of aromatic carboxylic acids is 1. The molecule has 0 spiro atoms. The number of benzene rings is 2. The SMILES string of the molecule is CC(C)[C@@H]1CC[C@]2(NC(=O)CNC[C@@H]3C4CC4CN3Cc3ccccc3)CC[C@]3(C)[C@H](CC[C@@H]4[C@@]5(C)CC=C(c6ccc(C(=O)O)cc6)C(C)(C)[C@@H]5CC[C@]43C)[C@@H]12. The van der Waals surface area contributed by atoms with E-state index in [0.29, 0.717) is 53.7 Å². The summed E-state index contributed by atoms with van der Waals surface area (Å²) in [6, 6.07) is 19.0. The van der Waals surface area contributed by atoms with E-state index in [1.807, 2.05) is 12.1 Å². The van der Waals surface area contributed by atoms with Crippen molar-refractivity contribution >= 4 is 17.4 Å². The van der Waals surface area contributed by atoms with Gasteiger partial charge in [0.1, 0.15) is 0 Å². The molecule has 0 radical (unpaired) electrons. The van der Waals surface area contributed by atoms with Crippen LogP contribution < -0.4 is 10.6 Å². The average molecular weight is 774 g/mol. The summed E-state index contributed by atoms with van der Waals surface area (Å²) in [7, 11) is 0. The van der Waals surface area contributed by atoms with E-state index in [-0.39, 0.29) is 33.1 Å². The molecule has 1 heterocycles. The van der Waals surface area contributed by atoms with Gasteiger partial charge >= 0.3 is 5.97 Å². The molecule has 6 aliphatic carbocycles. The molecule has 0 bridgehead atoms. The normalized spacial score (nSPS) is 41.6. The van der Waals surface area contributed by atoms with E-state index >= 15 is 0 Å². The zero-order valence-corrected chi connectivity index (χ0v) is 36.1. The molecule has 6 nitrogen and oxygen atoms in total. The Morgan fingerprint density at radius 1 is 0.860 bits per heavy atom. The molecule has 1 amide bonds. The minimum absolute atomic E-state index is 0.00333. The number of carbonyl (C=O) groups excluding carboxylic acids is 1. The number of hydrogen-bond donors (Lipinski definition) is 3.